The van der Waals surface area contributed by atoms with Crippen molar-refractivity contribution in [1.29, 1.82) is 0 Å². The predicted molar refractivity (Wildman–Crippen MR) is 97.5 cm³/mol. The second-order valence-electron chi connectivity index (χ2n) is 7.06. The summed E-state index contributed by atoms with van der Waals surface area (Å²) in [6.07, 6.45) is 7.48. The Kier molecular flexibility index (Phi) is 4.79. The number of carbonyl (C=O) groups excluding carboxylic acids is 1. The Morgan fingerprint density at radius 3 is 2.68 bits per heavy atom. The summed E-state index contributed by atoms with van der Waals surface area (Å²) >= 11 is 0. The zero-order valence-corrected chi connectivity index (χ0v) is 14.4. The summed E-state index contributed by atoms with van der Waals surface area (Å²) in [5.41, 5.74) is 2.28. The van der Waals surface area contributed by atoms with E-state index in [1.165, 1.54) is 5.56 Å². The fraction of sp³-hybridized carbons (Fsp3) is 0.429. The lowest BCUT2D eigenvalue weighted by molar-refractivity contribution is -0.119. The van der Waals surface area contributed by atoms with Crippen molar-refractivity contribution in [1.82, 2.24) is 4.98 Å². The number of nitrogens with zero attached hydrogens (tertiary/aromatic N) is 2. The van der Waals surface area contributed by atoms with Gasteiger partial charge >= 0.3 is 0 Å². The maximum atomic E-state index is 13.0. The molecule has 1 aromatic carbocycles. The Morgan fingerprint density at radius 1 is 1.16 bits per heavy atom. The van der Waals surface area contributed by atoms with Crippen molar-refractivity contribution in [2.24, 2.45) is 5.92 Å². The molecule has 4 nitrogen and oxygen atoms in total. The van der Waals surface area contributed by atoms with E-state index in [1.807, 2.05) is 23.1 Å². The Bertz CT molecular complexity index is 698. The Hall–Kier alpha value is -2.20. The van der Waals surface area contributed by atoms with Gasteiger partial charge in [-0.2, -0.15) is 0 Å². The average molecular weight is 336 g/mol. The number of rotatable bonds is 6. The first kappa shape index (κ1) is 16.3. The summed E-state index contributed by atoms with van der Waals surface area (Å²) in [6, 6.07) is 14.4. The SMILES string of the molecule is O=C(C[C@@H]1C[C@H]1c1ccccc1)N(C[C@H]1CCCO1)c1ccncc1. The molecule has 130 valence electrons. The molecule has 0 radical (unpaired) electrons. The molecule has 2 heterocycles. The van der Waals surface area contributed by atoms with Gasteiger partial charge in [0.2, 0.25) is 5.91 Å². The summed E-state index contributed by atoms with van der Waals surface area (Å²) in [5.74, 6) is 1.20. The van der Waals surface area contributed by atoms with E-state index in [2.05, 4.69) is 29.2 Å². The standard InChI is InChI=1S/C21H24N2O2/c24-21(14-17-13-20(17)16-5-2-1-3-6-16)23(15-19-7-4-12-25-19)18-8-10-22-11-9-18/h1-3,5-6,8-11,17,19-20H,4,7,12-15H2/t17-,19+,20-/m0/s1. The lowest BCUT2D eigenvalue weighted by Gasteiger charge is -2.25. The van der Waals surface area contributed by atoms with Crippen LogP contribution >= 0.6 is 0 Å². The summed E-state index contributed by atoms with van der Waals surface area (Å²) < 4.78 is 5.76. The first-order valence-electron chi connectivity index (χ1n) is 9.18. The minimum Gasteiger partial charge on any atom is -0.376 e. The molecule has 1 amide bonds. The molecular formula is C21H24N2O2. The molecule has 0 N–H and O–H groups in total. The van der Waals surface area contributed by atoms with Crippen LogP contribution in [-0.2, 0) is 9.53 Å². The van der Waals surface area contributed by atoms with Crippen molar-refractivity contribution in [2.75, 3.05) is 18.1 Å². The van der Waals surface area contributed by atoms with Gasteiger partial charge in [-0.15, -0.1) is 0 Å². The molecule has 1 saturated carbocycles. The van der Waals surface area contributed by atoms with E-state index in [-0.39, 0.29) is 12.0 Å². The molecule has 3 atom stereocenters. The van der Waals surface area contributed by atoms with E-state index in [0.29, 0.717) is 24.8 Å². The predicted octanol–water partition coefficient (Wildman–Crippen LogP) is 3.79. The maximum absolute atomic E-state index is 13.0. The third kappa shape index (κ3) is 3.90. The summed E-state index contributed by atoms with van der Waals surface area (Å²) in [5, 5.41) is 0. The van der Waals surface area contributed by atoms with Crippen LogP contribution in [0.5, 0.6) is 0 Å². The van der Waals surface area contributed by atoms with Crippen molar-refractivity contribution in [3.63, 3.8) is 0 Å². The van der Waals surface area contributed by atoms with Gasteiger partial charge in [-0.1, -0.05) is 30.3 Å². The van der Waals surface area contributed by atoms with E-state index in [9.17, 15) is 4.79 Å². The lowest BCUT2D eigenvalue weighted by atomic mass is 10.1. The monoisotopic (exact) mass is 336 g/mol. The number of amides is 1. The zero-order chi connectivity index (χ0) is 17.1. The first-order chi connectivity index (χ1) is 12.3. The summed E-state index contributed by atoms with van der Waals surface area (Å²) in [6.45, 7) is 1.45. The van der Waals surface area contributed by atoms with Crippen LogP contribution in [0.4, 0.5) is 5.69 Å². The highest BCUT2D eigenvalue weighted by atomic mass is 16.5. The van der Waals surface area contributed by atoms with Crippen LogP contribution in [0.15, 0.2) is 54.9 Å². The normalized spacial score (nSPS) is 24.9. The van der Waals surface area contributed by atoms with E-state index in [1.54, 1.807) is 12.4 Å². The van der Waals surface area contributed by atoms with Gasteiger partial charge in [0, 0.05) is 31.1 Å². The Morgan fingerprint density at radius 2 is 1.96 bits per heavy atom. The Balaban J connectivity index is 1.43. The molecule has 4 rings (SSSR count). The quantitative estimate of drug-likeness (QED) is 0.806. The van der Waals surface area contributed by atoms with Crippen molar-refractivity contribution in [3.8, 4) is 0 Å². The van der Waals surface area contributed by atoms with Crippen LogP contribution < -0.4 is 4.90 Å². The maximum Gasteiger partial charge on any atom is 0.227 e. The van der Waals surface area contributed by atoms with Crippen LogP contribution in [0.25, 0.3) is 0 Å². The molecular weight excluding hydrogens is 312 g/mol. The van der Waals surface area contributed by atoms with Gasteiger partial charge in [-0.25, -0.2) is 0 Å². The fourth-order valence-electron chi connectivity index (χ4n) is 3.78. The number of aromatic nitrogens is 1. The fourth-order valence-corrected chi connectivity index (χ4v) is 3.78. The highest BCUT2D eigenvalue weighted by molar-refractivity contribution is 5.93. The number of anilines is 1. The van der Waals surface area contributed by atoms with Crippen LogP contribution in [-0.4, -0.2) is 30.1 Å². The minimum absolute atomic E-state index is 0.154. The third-order valence-electron chi connectivity index (χ3n) is 5.27. The molecule has 1 aliphatic heterocycles. The summed E-state index contributed by atoms with van der Waals surface area (Å²) in [7, 11) is 0. The van der Waals surface area contributed by atoms with E-state index in [4.69, 9.17) is 4.74 Å². The van der Waals surface area contributed by atoms with Gasteiger partial charge in [-0.05, 0) is 48.8 Å². The molecule has 1 aromatic heterocycles. The molecule has 2 aliphatic rings. The molecule has 0 spiro atoms. The smallest absolute Gasteiger partial charge is 0.227 e. The van der Waals surface area contributed by atoms with Crippen molar-refractivity contribution < 1.29 is 9.53 Å². The number of hydrogen-bond acceptors (Lipinski definition) is 3. The Labute approximate surface area is 148 Å². The van der Waals surface area contributed by atoms with Crippen LogP contribution in [0.3, 0.4) is 0 Å². The van der Waals surface area contributed by atoms with Gasteiger partial charge in [0.15, 0.2) is 0 Å². The number of benzene rings is 1. The van der Waals surface area contributed by atoms with Gasteiger partial charge in [0.1, 0.15) is 0 Å². The van der Waals surface area contributed by atoms with Gasteiger partial charge in [-0.3, -0.25) is 9.78 Å². The average Bonchev–Trinajstić information content (AvgIpc) is 3.23. The first-order valence-corrected chi connectivity index (χ1v) is 9.18. The number of carbonyl (C=O) groups is 1. The van der Waals surface area contributed by atoms with Gasteiger partial charge < -0.3 is 9.64 Å². The third-order valence-corrected chi connectivity index (χ3v) is 5.27. The highest BCUT2D eigenvalue weighted by Gasteiger charge is 2.40. The van der Waals surface area contributed by atoms with Crippen molar-refractivity contribution in [3.05, 3.63) is 60.4 Å². The molecule has 0 bridgehead atoms. The van der Waals surface area contributed by atoms with Crippen LogP contribution in [0.2, 0.25) is 0 Å². The second-order valence-corrected chi connectivity index (χ2v) is 7.06. The van der Waals surface area contributed by atoms with E-state index in [0.717, 1.165) is 31.6 Å². The molecule has 2 aromatic rings. The minimum atomic E-state index is 0.154. The number of pyridine rings is 1. The molecule has 25 heavy (non-hydrogen) atoms. The van der Waals surface area contributed by atoms with Gasteiger partial charge in [0.05, 0.1) is 12.6 Å². The largest absolute Gasteiger partial charge is 0.376 e. The van der Waals surface area contributed by atoms with E-state index < -0.39 is 0 Å². The topological polar surface area (TPSA) is 42.4 Å². The summed E-state index contributed by atoms with van der Waals surface area (Å²) in [4.78, 5) is 19.0. The zero-order valence-electron chi connectivity index (χ0n) is 14.4. The van der Waals surface area contributed by atoms with E-state index >= 15 is 0 Å². The lowest BCUT2D eigenvalue weighted by Crippen LogP contribution is -2.37. The molecule has 1 aliphatic carbocycles. The van der Waals surface area contributed by atoms with Crippen LogP contribution in [0, 0.1) is 5.92 Å². The van der Waals surface area contributed by atoms with Crippen molar-refractivity contribution >= 4 is 11.6 Å². The second kappa shape index (κ2) is 7.36. The molecule has 0 unspecified atom stereocenters. The number of hydrogen-bond donors (Lipinski definition) is 0. The van der Waals surface area contributed by atoms with Gasteiger partial charge in [0.25, 0.3) is 0 Å². The van der Waals surface area contributed by atoms with Crippen LogP contribution in [0.1, 0.15) is 37.2 Å². The highest BCUT2D eigenvalue weighted by Crippen LogP contribution is 2.49. The molecule has 4 heteroatoms. The number of ether oxygens (including phenoxy) is 1. The molecule has 1 saturated heterocycles. The molecule has 2 fully saturated rings. The van der Waals surface area contributed by atoms with Crippen molar-refractivity contribution in [2.45, 2.75) is 37.7 Å².